The molecule has 0 bridgehead atoms. The summed E-state index contributed by atoms with van der Waals surface area (Å²) in [6.07, 6.45) is 1.70. The zero-order valence-electron chi connectivity index (χ0n) is 15.5. The Morgan fingerprint density at radius 1 is 1.31 bits per heavy atom. The van der Waals surface area contributed by atoms with Crippen LogP contribution in [0.15, 0.2) is 10.6 Å². The number of piperidine rings is 1. The predicted molar refractivity (Wildman–Crippen MR) is 93.3 cm³/mol. The summed E-state index contributed by atoms with van der Waals surface area (Å²) >= 11 is 0. The molecule has 1 atom stereocenters. The van der Waals surface area contributed by atoms with Crippen molar-refractivity contribution >= 4 is 17.7 Å². The topological polar surface area (TPSA) is 95.8 Å². The van der Waals surface area contributed by atoms with Crippen LogP contribution in [0.2, 0.25) is 0 Å². The molecule has 8 nitrogen and oxygen atoms in total. The number of hydrogen-bond acceptors (Lipinski definition) is 5. The van der Waals surface area contributed by atoms with Crippen molar-refractivity contribution in [2.24, 2.45) is 5.92 Å². The van der Waals surface area contributed by atoms with Crippen molar-refractivity contribution in [3.63, 3.8) is 0 Å². The van der Waals surface area contributed by atoms with Crippen LogP contribution in [0, 0.1) is 12.8 Å². The smallest absolute Gasteiger partial charge is 0.273 e. The van der Waals surface area contributed by atoms with Crippen LogP contribution in [-0.2, 0) is 9.59 Å². The summed E-state index contributed by atoms with van der Waals surface area (Å²) in [6, 6.07) is 1.74. The molecule has 8 heteroatoms. The van der Waals surface area contributed by atoms with E-state index in [0.29, 0.717) is 44.7 Å². The molecule has 1 N–H and O–H groups in total. The minimum absolute atomic E-state index is 0.0147. The Morgan fingerprint density at radius 3 is 2.54 bits per heavy atom. The lowest BCUT2D eigenvalue weighted by Gasteiger charge is -2.33. The zero-order chi connectivity index (χ0) is 18.8. The van der Waals surface area contributed by atoms with Crippen molar-refractivity contribution in [1.29, 1.82) is 0 Å². The van der Waals surface area contributed by atoms with Gasteiger partial charge in [0.2, 0.25) is 11.8 Å². The van der Waals surface area contributed by atoms with E-state index in [2.05, 4.69) is 10.5 Å². The molecule has 1 aromatic heterocycles. The van der Waals surface area contributed by atoms with Crippen LogP contribution in [-0.4, -0.2) is 64.4 Å². The second kappa shape index (κ2) is 7.47. The Balaban J connectivity index is 1.48. The maximum Gasteiger partial charge on any atom is 0.273 e. The first-order valence-corrected chi connectivity index (χ1v) is 9.17. The number of carbonyl (C=O) groups is 3. The van der Waals surface area contributed by atoms with Crippen LogP contribution in [0.25, 0.3) is 0 Å². The maximum atomic E-state index is 12.7. The molecule has 3 amide bonds. The Bertz CT molecular complexity index is 691. The molecule has 2 fully saturated rings. The molecule has 0 spiro atoms. The minimum atomic E-state index is -0.249. The molecule has 3 rings (SSSR count). The van der Waals surface area contributed by atoms with Gasteiger partial charge in [-0.05, 0) is 33.6 Å². The lowest BCUT2D eigenvalue weighted by molar-refractivity contribution is -0.136. The van der Waals surface area contributed by atoms with Crippen LogP contribution >= 0.6 is 0 Å². The molecule has 1 unspecified atom stereocenters. The number of likely N-dealkylation sites (tertiary alicyclic amines) is 2. The van der Waals surface area contributed by atoms with Crippen molar-refractivity contribution in [2.45, 2.75) is 52.1 Å². The Kier molecular flexibility index (Phi) is 5.29. The SMILES string of the molecule is Cc1cc(C(=O)NC2CCN(C(=O)C3CC(=O)N(C(C)C)C3)CC2)no1. The number of aryl methyl sites for hydroxylation is 1. The van der Waals surface area contributed by atoms with Crippen LogP contribution in [0.5, 0.6) is 0 Å². The molecule has 0 aromatic carbocycles. The quantitative estimate of drug-likeness (QED) is 0.861. The van der Waals surface area contributed by atoms with Crippen molar-refractivity contribution in [1.82, 2.24) is 20.3 Å². The number of nitrogens with one attached hydrogen (secondary N) is 1. The Hall–Kier alpha value is -2.38. The molecule has 26 heavy (non-hydrogen) atoms. The summed E-state index contributed by atoms with van der Waals surface area (Å²) in [6.45, 7) is 7.37. The molecular formula is C18H26N4O4. The third-order valence-corrected chi connectivity index (χ3v) is 5.13. The molecule has 0 radical (unpaired) electrons. The number of carbonyl (C=O) groups excluding carboxylic acids is 3. The lowest BCUT2D eigenvalue weighted by Crippen LogP contribution is -2.48. The fourth-order valence-corrected chi connectivity index (χ4v) is 3.63. The maximum absolute atomic E-state index is 12.7. The summed E-state index contributed by atoms with van der Waals surface area (Å²) in [7, 11) is 0. The van der Waals surface area contributed by atoms with Crippen LogP contribution in [0.3, 0.4) is 0 Å². The van der Waals surface area contributed by atoms with E-state index in [9.17, 15) is 14.4 Å². The highest BCUT2D eigenvalue weighted by Gasteiger charge is 2.38. The molecule has 2 saturated heterocycles. The zero-order valence-corrected chi connectivity index (χ0v) is 15.5. The molecule has 1 aromatic rings. The third kappa shape index (κ3) is 3.89. The van der Waals surface area contributed by atoms with Gasteiger partial charge in [0, 0.05) is 44.2 Å². The van der Waals surface area contributed by atoms with E-state index in [4.69, 9.17) is 4.52 Å². The van der Waals surface area contributed by atoms with Gasteiger partial charge in [-0.15, -0.1) is 0 Å². The average Bonchev–Trinajstić information content (AvgIpc) is 3.21. The first-order valence-electron chi connectivity index (χ1n) is 9.17. The molecule has 3 heterocycles. The largest absolute Gasteiger partial charge is 0.361 e. The summed E-state index contributed by atoms with van der Waals surface area (Å²) in [5.41, 5.74) is 0.277. The monoisotopic (exact) mass is 362 g/mol. The highest BCUT2D eigenvalue weighted by atomic mass is 16.5. The number of hydrogen-bond donors (Lipinski definition) is 1. The number of amides is 3. The fourth-order valence-electron chi connectivity index (χ4n) is 3.63. The molecule has 0 aliphatic carbocycles. The van der Waals surface area contributed by atoms with Gasteiger partial charge in [-0.3, -0.25) is 14.4 Å². The second-order valence-electron chi connectivity index (χ2n) is 7.44. The van der Waals surface area contributed by atoms with E-state index in [1.165, 1.54) is 0 Å². The third-order valence-electron chi connectivity index (χ3n) is 5.13. The minimum Gasteiger partial charge on any atom is -0.361 e. The molecule has 2 aliphatic heterocycles. The van der Waals surface area contributed by atoms with Crippen molar-refractivity contribution in [3.05, 3.63) is 17.5 Å². The highest BCUT2D eigenvalue weighted by molar-refractivity contribution is 5.92. The molecule has 142 valence electrons. The van der Waals surface area contributed by atoms with Gasteiger partial charge in [0.1, 0.15) is 5.76 Å². The fraction of sp³-hybridized carbons (Fsp3) is 0.667. The van der Waals surface area contributed by atoms with Crippen LogP contribution < -0.4 is 5.32 Å². The first kappa shape index (κ1) is 18.4. The van der Waals surface area contributed by atoms with Crippen molar-refractivity contribution < 1.29 is 18.9 Å². The Morgan fingerprint density at radius 2 is 2.00 bits per heavy atom. The lowest BCUT2D eigenvalue weighted by atomic mass is 10.0. The van der Waals surface area contributed by atoms with Crippen molar-refractivity contribution in [2.75, 3.05) is 19.6 Å². The number of aromatic nitrogens is 1. The average molecular weight is 362 g/mol. The van der Waals surface area contributed by atoms with Gasteiger partial charge < -0.3 is 19.6 Å². The van der Waals surface area contributed by atoms with Crippen molar-refractivity contribution in [3.8, 4) is 0 Å². The summed E-state index contributed by atoms with van der Waals surface area (Å²) in [4.78, 5) is 40.4. The van der Waals surface area contributed by atoms with Gasteiger partial charge in [-0.25, -0.2) is 0 Å². The van der Waals surface area contributed by atoms with Gasteiger partial charge in [0.05, 0.1) is 5.92 Å². The van der Waals surface area contributed by atoms with Gasteiger partial charge >= 0.3 is 0 Å². The van der Waals surface area contributed by atoms with Gasteiger partial charge in [0.25, 0.3) is 5.91 Å². The first-order chi connectivity index (χ1) is 12.3. The van der Waals surface area contributed by atoms with Crippen LogP contribution in [0.1, 0.15) is 49.4 Å². The van der Waals surface area contributed by atoms with E-state index in [1.54, 1.807) is 17.9 Å². The number of rotatable bonds is 4. The molecular weight excluding hydrogens is 336 g/mol. The summed E-state index contributed by atoms with van der Waals surface area (Å²) in [5, 5.41) is 6.66. The van der Waals surface area contributed by atoms with E-state index in [1.807, 2.05) is 18.7 Å². The van der Waals surface area contributed by atoms with E-state index >= 15 is 0 Å². The standard InChI is InChI=1S/C18H26N4O4/c1-11(2)22-10-13(9-16(22)23)18(25)21-6-4-14(5-7-21)19-17(24)15-8-12(3)26-20-15/h8,11,13-14H,4-7,9-10H2,1-3H3,(H,19,24). The van der Waals surface area contributed by atoms with Gasteiger partial charge in [-0.2, -0.15) is 0 Å². The summed E-state index contributed by atoms with van der Waals surface area (Å²) in [5.74, 6) is 0.216. The summed E-state index contributed by atoms with van der Waals surface area (Å²) < 4.78 is 4.92. The predicted octanol–water partition coefficient (Wildman–Crippen LogP) is 0.961. The number of nitrogens with zero attached hydrogens (tertiary/aromatic N) is 3. The Labute approximate surface area is 152 Å². The molecule has 0 saturated carbocycles. The van der Waals surface area contributed by atoms with Gasteiger partial charge in [-0.1, -0.05) is 5.16 Å². The highest BCUT2D eigenvalue weighted by Crippen LogP contribution is 2.24. The normalized spacial score (nSPS) is 21.5. The second-order valence-corrected chi connectivity index (χ2v) is 7.44. The molecule has 2 aliphatic rings. The van der Waals surface area contributed by atoms with E-state index in [-0.39, 0.29) is 41.4 Å². The van der Waals surface area contributed by atoms with Gasteiger partial charge in [0.15, 0.2) is 5.69 Å². The van der Waals surface area contributed by atoms with Crippen LogP contribution in [0.4, 0.5) is 0 Å². The van der Waals surface area contributed by atoms with E-state index < -0.39 is 0 Å². The van der Waals surface area contributed by atoms with E-state index in [0.717, 1.165) is 0 Å².